The zero-order valence-corrected chi connectivity index (χ0v) is 11.3. The van der Waals surface area contributed by atoms with Crippen molar-refractivity contribution in [1.82, 2.24) is 14.8 Å². The minimum Gasteiger partial charge on any atom is -0.301 e. The molecule has 0 aromatic carbocycles. The molecule has 2 heterocycles. The molecule has 1 unspecified atom stereocenters. The van der Waals surface area contributed by atoms with E-state index in [1.807, 2.05) is 12.1 Å². The van der Waals surface area contributed by atoms with Crippen molar-refractivity contribution in [2.45, 2.75) is 25.9 Å². The number of rotatable bonds is 3. The highest BCUT2D eigenvalue weighted by Gasteiger charge is 2.22. The van der Waals surface area contributed by atoms with Crippen LogP contribution in [-0.2, 0) is 6.54 Å². The molecule has 2 rings (SSSR count). The van der Waals surface area contributed by atoms with Crippen LogP contribution in [0.5, 0.6) is 0 Å². The van der Waals surface area contributed by atoms with E-state index in [4.69, 9.17) is 11.6 Å². The van der Waals surface area contributed by atoms with E-state index >= 15 is 0 Å². The molecule has 1 fully saturated rings. The highest BCUT2D eigenvalue weighted by molar-refractivity contribution is 6.29. The second kappa shape index (κ2) is 5.80. The molecule has 0 radical (unpaired) electrons. The Morgan fingerprint density at radius 3 is 3.00 bits per heavy atom. The molecule has 1 aromatic heterocycles. The van der Waals surface area contributed by atoms with Crippen molar-refractivity contribution in [2.24, 2.45) is 0 Å². The maximum atomic E-state index is 5.90. The molecule has 1 saturated heterocycles. The van der Waals surface area contributed by atoms with Gasteiger partial charge in [0.05, 0.1) is 0 Å². The number of halogens is 1. The van der Waals surface area contributed by atoms with Gasteiger partial charge >= 0.3 is 0 Å². The molecule has 0 amide bonds. The van der Waals surface area contributed by atoms with Crippen LogP contribution in [0.3, 0.4) is 0 Å². The van der Waals surface area contributed by atoms with Crippen molar-refractivity contribution in [3.63, 3.8) is 0 Å². The molecule has 0 aliphatic carbocycles. The zero-order valence-electron chi connectivity index (χ0n) is 10.6. The summed E-state index contributed by atoms with van der Waals surface area (Å²) in [5.74, 6) is 0. The van der Waals surface area contributed by atoms with Gasteiger partial charge in [-0.05, 0) is 31.2 Å². The molecule has 1 aromatic rings. The summed E-state index contributed by atoms with van der Waals surface area (Å²) in [7, 11) is 2.22. The lowest BCUT2D eigenvalue weighted by Crippen LogP contribution is -2.50. The maximum absolute atomic E-state index is 5.90. The SMILES string of the molecule is CCC1CN(Cc2ccnc(Cl)c2)CCN1C. The van der Waals surface area contributed by atoms with Gasteiger partial charge in [0, 0.05) is 38.4 Å². The third-order valence-electron chi connectivity index (χ3n) is 3.53. The van der Waals surface area contributed by atoms with E-state index < -0.39 is 0 Å². The zero-order chi connectivity index (χ0) is 12.3. The van der Waals surface area contributed by atoms with Crippen LogP contribution in [0.1, 0.15) is 18.9 Å². The smallest absolute Gasteiger partial charge is 0.129 e. The van der Waals surface area contributed by atoms with Crippen molar-refractivity contribution in [2.75, 3.05) is 26.7 Å². The summed E-state index contributed by atoms with van der Waals surface area (Å²) in [6.45, 7) is 6.66. The van der Waals surface area contributed by atoms with Crippen LogP contribution >= 0.6 is 11.6 Å². The molecule has 3 nitrogen and oxygen atoms in total. The van der Waals surface area contributed by atoms with Crippen LogP contribution in [0.15, 0.2) is 18.3 Å². The maximum Gasteiger partial charge on any atom is 0.129 e. The van der Waals surface area contributed by atoms with E-state index in [1.54, 1.807) is 6.20 Å². The summed E-state index contributed by atoms with van der Waals surface area (Å²) in [4.78, 5) is 8.97. The largest absolute Gasteiger partial charge is 0.301 e. The number of hydrogen-bond donors (Lipinski definition) is 0. The normalized spacial score (nSPS) is 22.9. The number of piperazine rings is 1. The summed E-state index contributed by atoms with van der Waals surface area (Å²) in [6.07, 6.45) is 3.00. The third-order valence-corrected chi connectivity index (χ3v) is 3.74. The van der Waals surface area contributed by atoms with E-state index in [1.165, 1.54) is 12.0 Å². The fraction of sp³-hybridized carbons (Fsp3) is 0.615. The summed E-state index contributed by atoms with van der Waals surface area (Å²) in [5, 5.41) is 0.587. The molecule has 17 heavy (non-hydrogen) atoms. The number of aromatic nitrogens is 1. The van der Waals surface area contributed by atoms with Crippen molar-refractivity contribution in [3.05, 3.63) is 29.0 Å². The van der Waals surface area contributed by atoms with Crippen molar-refractivity contribution < 1.29 is 0 Å². The molecule has 0 spiro atoms. The number of nitrogens with zero attached hydrogens (tertiary/aromatic N) is 3. The Morgan fingerprint density at radius 2 is 2.29 bits per heavy atom. The lowest BCUT2D eigenvalue weighted by atomic mass is 10.1. The average Bonchev–Trinajstić information content (AvgIpc) is 2.32. The van der Waals surface area contributed by atoms with Crippen LogP contribution in [-0.4, -0.2) is 47.5 Å². The Hall–Kier alpha value is -0.640. The standard InChI is InChI=1S/C13H20ClN3/c1-3-12-10-17(7-6-16(12)2)9-11-4-5-15-13(14)8-11/h4-5,8,12H,3,6-7,9-10H2,1-2H3. The van der Waals surface area contributed by atoms with Crippen LogP contribution < -0.4 is 0 Å². The molecule has 94 valence electrons. The number of hydrogen-bond acceptors (Lipinski definition) is 3. The van der Waals surface area contributed by atoms with Crippen LogP contribution in [0.25, 0.3) is 0 Å². The Labute approximate surface area is 108 Å². The first-order chi connectivity index (χ1) is 8.19. The molecule has 0 saturated carbocycles. The summed E-state index contributed by atoms with van der Waals surface area (Å²) < 4.78 is 0. The summed E-state index contributed by atoms with van der Waals surface area (Å²) >= 11 is 5.90. The van der Waals surface area contributed by atoms with Gasteiger partial charge in [-0.1, -0.05) is 18.5 Å². The quantitative estimate of drug-likeness (QED) is 0.771. The molecule has 0 N–H and O–H groups in total. The van der Waals surface area contributed by atoms with Gasteiger partial charge < -0.3 is 4.90 Å². The molecule has 4 heteroatoms. The van der Waals surface area contributed by atoms with Gasteiger partial charge in [0.15, 0.2) is 0 Å². The number of pyridine rings is 1. The fourth-order valence-electron chi connectivity index (χ4n) is 2.39. The Morgan fingerprint density at radius 1 is 1.47 bits per heavy atom. The van der Waals surface area contributed by atoms with Gasteiger partial charge in [-0.15, -0.1) is 0 Å². The average molecular weight is 254 g/mol. The monoisotopic (exact) mass is 253 g/mol. The van der Waals surface area contributed by atoms with E-state index in [0.29, 0.717) is 11.2 Å². The Balaban J connectivity index is 1.95. The van der Waals surface area contributed by atoms with Gasteiger partial charge in [0.1, 0.15) is 5.15 Å². The molecule has 1 aliphatic heterocycles. The minimum absolute atomic E-state index is 0.587. The Kier molecular flexibility index (Phi) is 4.37. The molecular formula is C13H20ClN3. The van der Waals surface area contributed by atoms with Gasteiger partial charge in [0.25, 0.3) is 0 Å². The number of likely N-dealkylation sites (N-methyl/N-ethyl adjacent to an activating group) is 1. The first-order valence-electron chi connectivity index (χ1n) is 6.22. The van der Waals surface area contributed by atoms with Gasteiger partial charge in [0.2, 0.25) is 0 Å². The predicted molar refractivity (Wildman–Crippen MR) is 71.2 cm³/mol. The van der Waals surface area contributed by atoms with E-state index in [9.17, 15) is 0 Å². The highest BCUT2D eigenvalue weighted by Crippen LogP contribution is 2.15. The lowest BCUT2D eigenvalue weighted by Gasteiger charge is -2.39. The second-order valence-corrected chi connectivity index (χ2v) is 5.15. The first-order valence-corrected chi connectivity index (χ1v) is 6.60. The van der Waals surface area contributed by atoms with Crippen molar-refractivity contribution in [1.29, 1.82) is 0 Å². The van der Waals surface area contributed by atoms with Crippen molar-refractivity contribution in [3.8, 4) is 0 Å². The molecule has 0 bridgehead atoms. The second-order valence-electron chi connectivity index (χ2n) is 4.76. The minimum atomic E-state index is 0.587. The highest BCUT2D eigenvalue weighted by atomic mass is 35.5. The van der Waals surface area contributed by atoms with E-state index in [-0.39, 0.29) is 0 Å². The fourth-order valence-corrected chi connectivity index (χ4v) is 2.59. The first kappa shape index (κ1) is 12.8. The predicted octanol–water partition coefficient (Wildman–Crippen LogP) is 2.26. The third kappa shape index (κ3) is 3.41. The topological polar surface area (TPSA) is 19.4 Å². The summed E-state index contributed by atoms with van der Waals surface area (Å²) in [5.41, 5.74) is 1.25. The van der Waals surface area contributed by atoms with Gasteiger partial charge in [-0.2, -0.15) is 0 Å². The van der Waals surface area contributed by atoms with Gasteiger partial charge in [-0.3, -0.25) is 4.90 Å². The van der Waals surface area contributed by atoms with E-state index in [2.05, 4.69) is 28.8 Å². The summed E-state index contributed by atoms with van der Waals surface area (Å²) in [6, 6.07) is 4.69. The lowest BCUT2D eigenvalue weighted by molar-refractivity contribution is 0.0883. The van der Waals surface area contributed by atoms with Crippen LogP contribution in [0.4, 0.5) is 0 Å². The molecule has 1 aliphatic rings. The van der Waals surface area contributed by atoms with Crippen LogP contribution in [0.2, 0.25) is 5.15 Å². The van der Waals surface area contributed by atoms with Crippen LogP contribution in [0, 0.1) is 0 Å². The van der Waals surface area contributed by atoms with E-state index in [0.717, 1.165) is 26.2 Å². The van der Waals surface area contributed by atoms with Crippen molar-refractivity contribution >= 4 is 11.6 Å². The molecular weight excluding hydrogens is 234 g/mol. The van der Waals surface area contributed by atoms with Gasteiger partial charge in [-0.25, -0.2) is 4.98 Å². The Bertz CT molecular complexity index is 369. The molecule has 1 atom stereocenters.